The van der Waals surface area contributed by atoms with Gasteiger partial charge in [-0.1, -0.05) is 18.2 Å². The standard InChI is InChI=1S/C21H17F3N2O4S/c22-15-6-12-19(13-7-15)31(28,29)26(17-4-2-1-3-5-17)14-20(27)25-16-8-10-18(11-9-16)30-21(23)24/h1-13,21H,14H2,(H,25,27). The Hall–Kier alpha value is -3.53. The number of hydrogen-bond acceptors (Lipinski definition) is 4. The predicted octanol–water partition coefficient (Wildman–Crippen LogP) is 4.26. The van der Waals surface area contributed by atoms with Crippen molar-refractivity contribution >= 4 is 27.3 Å². The number of nitrogens with zero attached hydrogens (tertiary/aromatic N) is 1. The molecule has 3 aromatic rings. The largest absolute Gasteiger partial charge is 0.435 e. The number of ether oxygens (including phenoxy) is 1. The third-order valence-electron chi connectivity index (χ3n) is 4.10. The molecule has 0 aliphatic carbocycles. The average Bonchev–Trinajstić information content (AvgIpc) is 2.74. The van der Waals surface area contributed by atoms with Crippen LogP contribution in [0.3, 0.4) is 0 Å². The lowest BCUT2D eigenvalue weighted by molar-refractivity contribution is -0.114. The van der Waals surface area contributed by atoms with E-state index in [1.54, 1.807) is 18.2 Å². The molecule has 0 fully saturated rings. The molecule has 0 unspecified atom stereocenters. The molecule has 0 aliphatic rings. The highest BCUT2D eigenvalue weighted by molar-refractivity contribution is 7.92. The Labute approximate surface area is 176 Å². The second-order valence-electron chi connectivity index (χ2n) is 6.25. The molecule has 1 N–H and O–H groups in total. The maximum absolute atomic E-state index is 13.2. The predicted molar refractivity (Wildman–Crippen MR) is 109 cm³/mol. The van der Waals surface area contributed by atoms with Crippen molar-refractivity contribution in [2.75, 3.05) is 16.2 Å². The van der Waals surface area contributed by atoms with Crippen LogP contribution >= 0.6 is 0 Å². The van der Waals surface area contributed by atoms with E-state index in [9.17, 15) is 26.4 Å². The normalized spacial score (nSPS) is 11.2. The summed E-state index contributed by atoms with van der Waals surface area (Å²) in [6.07, 6.45) is 0. The van der Waals surface area contributed by atoms with Gasteiger partial charge in [0.25, 0.3) is 10.0 Å². The smallest absolute Gasteiger partial charge is 0.387 e. The highest BCUT2D eigenvalue weighted by Crippen LogP contribution is 2.24. The molecule has 0 heterocycles. The molecule has 3 aromatic carbocycles. The maximum atomic E-state index is 13.2. The first-order valence-corrected chi connectivity index (χ1v) is 10.4. The molecule has 6 nitrogen and oxygen atoms in total. The molecule has 0 saturated heterocycles. The van der Waals surface area contributed by atoms with E-state index in [1.165, 1.54) is 36.4 Å². The van der Waals surface area contributed by atoms with Crippen LogP contribution < -0.4 is 14.4 Å². The van der Waals surface area contributed by atoms with Crippen LogP contribution in [0.15, 0.2) is 83.8 Å². The molecule has 10 heteroatoms. The minimum Gasteiger partial charge on any atom is -0.435 e. The van der Waals surface area contributed by atoms with Crippen LogP contribution in [0.5, 0.6) is 5.75 Å². The molecule has 0 atom stereocenters. The second-order valence-corrected chi connectivity index (χ2v) is 8.11. The summed E-state index contributed by atoms with van der Waals surface area (Å²) >= 11 is 0. The van der Waals surface area contributed by atoms with Gasteiger partial charge in [0.2, 0.25) is 5.91 Å². The van der Waals surface area contributed by atoms with Crippen LogP contribution in [-0.4, -0.2) is 27.5 Å². The summed E-state index contributed by atoms with van der Waals surface area (Å²) in [6, 6.07) is 17.4. The molecule has 0 bridgehead atoms. The average molecular weight is 450 g/mol. The number of anilines is 2. The Morgan fingerprint density at radius 1 is 0.935 bits per heavy atom. The highest BCUT2D eigenvalue weighted by Gasteiger charge is 2.27. The van der Waals surface area contributed by atoms with Gasteiger partial charge in [0.15, 0.2) is 0 Å². The van der Waals surface area contributed by atoms with Gasteiger partial charge < -0.3 is 10.1 Å². The van der Waals surface area contributed by atoms with Crippen molar-refractivity contribution in [2.24, 2.45) is 0 Å². The Morgan fingerprint density at radius 3 is 2.13 bits per heavy atom. The Balaban J connectivity index is 1.82. The van der Waals surface area contributed by atoms with Crippen molar-refractivity contribution in [3.63, 3.8) is 0 Å². The van der Waals surface area contributed by atoms with Crippen molar-refractivity contribution < 1.29 is 31.1 Å². The summed E-state index contributed by atoms with van der Waals surface area (Å²) in [7, 11) is -4.18. The number of nitrogens with one attached hydrogen (secondary N) is 1. The molecule has 3 rings (SSSR count). The number of hydrogen-bond donors (Lipinski definition) is 1. The van der Waals surface area contributed by atoms with Gasteiger partial charge in [0.05, 0.1) is 10.6 Å². The number of benzene rings is 3. The van der Waals surface area contributed by atoms with Gasteiger partial charge in [-0.2, -0.15) is 8.78 Å². The van der Waals surface area contributed by atoms with Crippen LogP contribution in [0, 0.1) is 5.82 Å². The highest BCUT2D eigenvalue weighted by atomic mass is 32.2. The monoisotopic (exact) mass is 450 g/mol. The molecule has 0 saturated carbocycles. The summed E-state index contributed by atoms with van der Waals surface area (Å²) in [6.45, 7) is -3.55. The number of carbonyl (C=O) groups excluding carboxylic acids is 1. The van der Waals surface area contributed by atoms with E-state index >= 15 is 0 Å². The summed E-state index contributed by atoms with van der Waals surface area (Å²) in [5.41, 5.74) is 0.501. The van der Waals surface area contributed by atoms with Gasteiger partial charge in [0.1, 0.15) is 18.1 Å². The molecular formula is C21H17F3N2O4S. The second kappa shape index (κ2) is 9.52. The van der Waals surface area contributed by atoms with Gasteiger partial charge in [0, 0.05) is 5.69 Å². The van der Waals surface area contributed by atoms with E-state index in [0.717, 1.165) is 28.6 Å². The van der Waals surface area contributed by atoms with Crippen LogP contribution in [-0.2, 0) is 14.8 Å². The lowest BCUT2D eigenvalue weighted by Crippen LogP contribution is -2.38. The van der Waals surface area contributed by atoms with Gasteiger partial charge in [-0.15, -0.1) is 0 Å². The van der Waals surface area contributed by atoms with Crippen molar-refractivity contribution in [1.29, 1.82) is 0 Å². The number of sulfonamides is 1. The van der Waals surface area contributed by atoms with Gasteiger partial charge >= 0.3 is 6.61 Å². The lowest BCUT2D eigenvalue weighted by Gasteiger charge is -2.24. The first-order valence-electron chi connectivity index (χ1n) is 8.94. The van der Waals surface area contributed by atoms with Crippen molar-refractivity contribution in [3.05, 3.63) is 84.7 Å². The van der Waals surface area contributed by atoms with Crippen LogP contribution in [0.2, 0.25) is 0 Å². The quantitative estimate of drug-likeness (QED) is 0.557. The minimum absolute atomic E-state index is 0.0854. The zero-order chi connectivity index (χ0) is 22.4. The summed E-state index contributed by atoms with van der Waals surface area (Å²) in [5, 5.41) is 2.51. The van der Waals surface area contributed by atoms with Crippen LogP contribution in [0.4, 0.5) is 24.5 Å². The molecule has 1 amide bonds. The molecule has 31 heavy (non-hydrogen) atoms. The molecular weight excluding hydrogens is 433 g/mol. The van der Waals surface area contributed by atoms with E-state index in [2.05, 4.69) is 10.1 Å². The fourth-order valence-electron chi connectivity index (χ4n) is 2.69. The van der Waals surface area contributed by atoms with E-state index in [4.69, 9.17) is 0 Å². The number of carbonyl (C=O) groups is 1. The van der Waals surface area contributed by atoms with Crippen molar-refractivity contribution in [3.8, 4) is 5.75 Å². The third-order valence-corrected chi connectivity index (χ3v) is 5.88. The maximum Gasteiger partial charge on any atom is 0.387 e. The Morgan fingerprint density at radius 2 is 1.55 bits per heavy atom. The molecule has 162 valence electrons. The number of alkyl halides is 2. The fraction of sp³-hybridized carbons (Fsp3) is 0.0952. The molecule has 0 aliphatic heterocycles. The molecule has 0 radical (unpaired) electrons. The third kappa shape index (κ3) is 5.76. The number of rotatable bonds is 8. The summed E-state index contributed by atoms with van der Waals surface area (Å²) in [5.74, 6) is -1.35. The molecule has 0 aromatic heterocycles. The lowest BCUT2D eigenvalue weighted by atomic mass is 10.3. The zero-order valence-corrected chi connectivity index (χ0v) is 16.7. The van der Waals surface area contributed by atoms with Crippen LogP contribution in [0.25, 0.3) is 0 Å². The minimum atomic E-state index is -4.18. The van der Waals surface area contributed by atoms with Gasteiger partial charge in [-0.05, 0) is 60.7 Å². The number of halogens is 3. The van der Waals surface area contributed by atoms with Crippen molar-refractivity contribution in [2.45, 2.75) is 11.5 Å². The van der Waals surface area contributed by atoms with E-state index < -0.39 is 34.9 Å². The summed E-state index contributed by atoms with van der Waals surface area (Å²) in [4.78, 5) is 12.4. The topological polar surface area (TPSA) is 75.7 Å². The van der Waals surface area contributed by atoms with Gasteiger partial charge in [-0.3, -0.25) is 9.10 Å². The van der Waals surface area contributed by atoms with Crippen molar-refractivity contribution in [1.82, 2.24) is 0 Å². The number of para-hydroxylation sites is 1. The summed E-state index contributed by atoms with van der Waals surface area (Å²) < 4.78 is 69.1. The van der Waals surface area contributed by atoms with E-state index in [-0.39, 0.29) is 22.0 Å². The SMILES string of the molecule is O=C(CN(c1ccccc1)S(=O)(=O)c1ccc(F)cc1)Nc1ccc(OC(F)F)cc1. The Kier molecular flexibility index (Phi) is 6.81. The van der Waals surface area contributed by atoms with E-state index in [1.807, 2.05) is 0 Å². The number of amides is 1. The Bertz CT molecular complexity index is 1120. The van der Waals surface area contributed by atoms with Crippen LogP contribution in [0.1, 0.15) is 0 Å². The zero-order valence-electron chi connectivity index (χ0n) is 15.9. The molecule has 0 spiro atoms. The fourth-order valence-corrected chi connectivity index (χ4v) is 4.11. The first-order chi connectivity index (χ1) is 14.8. The van der Waals surface area contributed by atoms with Gasteiger partial charge in [-0.25, -0.2) is 12.8 Å². The first kappa shape index (κ1) is 22.2. The van der Waals surface area contributed by atoms with E-state index in [0.29, 0.717) is 0 Å².